The molecule has 2 saturated heterocycles. The summed E-state index contributed by atoms with van der Waals surface area (Å²) in [5.74, 6) is 1.84. The van der Waals surface area contributed by atoms with Gasteiger partial charge < -0.3 is 14.2 Å². The van der Waals surface area contributed by atoms with Gasteiger partial charge in [-0.25, -0.2) is 0 Å². The van der Waals surface area contributed by atoms with Crippen LogP contribution in [0.1, 0.15) is 29.6 Å². The molecule has 0 amide bonds. The Morgan fingerprint density at radius 1 is 1.21 bits per heavy atom. The fourth-order valence-electron chi connectivity index (χ4n) is 3.42. The third kappa shape index (κ3) is 3.44. The highest BCUT2D eigenvalue weighted by atomic mass is 16.5. The van der Waals surface area contributed by atoms with Gasteiger partial charge in [0.1, 0.15) is 0 Å². The minimum atomic E-state index is 0.306. The van der Waals surface area contributed by atoms with Crippen LogP contribution in [-0.2, 0) is 11.3 Å². The summed E-state index contributed by atoms with van der Waals surface area (Å²) in [6.45, 7) is 8.48. The van der Waals surface area contributed by atoms with Gasteiger partial charge in [0.2, 0.25) is 5.89 Å². The zero-order valence-electron chi connectivity index (χ0n) is 14.1. The Morgan fingerprint density at radius 3 is 2.83 bits per heavy atom. The van der Waals surface area contributed by atoms with E-state index in [4.69, 9.17) is 9.26 Å². The Bertz CT molecular complexity index is 673. The molecule has 0 radical (unpaired) electrons. The molecule has 0 bridgehead atoms. The van der Waals surface area contributed by atoms with E-state index >= 15 is 0 Å². The predicted octanol–water partition coefficient (Wildman–Crippen LogP) is 2.20. The second kappa shape index (κ2) is 6.91. The summed E-state index contributed by atoms with van der Waals surface area (Å²) < 4.78 is 10.8. The lowest BCUT2D eigenvalue weighted by atomic mass is 10.1. The van der Waals surface area contributed by atoms with Crippen LogP contribution in [0.15, 0.2) is 28.8 Å². The molecule has 3 heterocycles. The molecule has 6 nitrogen and oxygen atoms in total. The Balaban J connectivity index is 1.31. The molecule has 0 spiro atoms. The molecule has 1 aromatic heterocycles. The molecule has 4 rings (SSSR count). The van der Waals surface area contributed by atoms with Gasteiger partial charge in [0, 0.05) is 44.4 Å². The molecular weight excluding hydrogens is 304 g/mol. The van der Waals surface area contributed by atoms with Crippen molar-refractivity contribution < 1.29 is 9.26 Å². The zero-order valence-corrected chi connectivity index (χ0v) is 14.1. The lowest BCUT2D eigenvalue weighted by Crippen LogP contribution is -2.46. The quantitative estimate of drug-likeness (QED) is 0.858. The summed E-state index contributed by atoms with van der Waals surface area (Å²) in [6, 6.07) is 8.71. The van der Waals surface area contributed by atoms with E-state index in [1.807, 2.05) is 0 Å². The molecule has 2 aliphatic heterocycles. The summed E-state index contributed by atoms with van der Waals surface area (Å²) in [7, 11) is 0. The monoisotopic (exact) mass is 328 g/mol. The van der Waals surface area contributed by atoms with Gasteiger partial charge in [-0.3, -0.25) is 4.90 Å². The van der Waals surface area contributed by atoms with Gasteiger partial charge in [-0.1, -0.05) is 17.3 Å². The topological polar surface area (TPSA) is 54.6 Å². The van der Waals surface area contributed by atoms with Crippen molar-refractivity contribution in [2.45, 2.75) is 25.8 Å². The first kappa shape index (κ1) is 15.6. The first-order chi connectivity index (χ1) is 11.8. The average molecular weight is 328 g/mol. The van der Waals surface area contributed by atoms with Gasteiger partial charge in [-0.15, -0.1) is 0 Å². The smallest absolute Gasteiger partial charge is 0.240 e. The number of hydrogen-bond donors (Lipinski definition) is 0. The van der Waals surface area contributed by atoms with Crippen LogP contribution in [-0.4, -0.2) is 54.4 Å². The molecule has 0 unspecified atom stereocenters. The van der Waals surface area contributed by atoms with E-state index < -0.39 is 0 Å². The molecule has 6 heteroatoms. The molecule has 2 aromatic rings. The van der Waals surface area contributed by atoms with Crippen LogP contribution in [0.4, 0.5) is 5.69 Å². The standard InChI is InChI=1S/C18H24N4O2/c1-14-3-2-4-16(11-14)22-8-6-21(7-9-22)12-17-19-18(20-24-17)15-5-10-23-13-15/h2-4,11,15H,5-10,12-13H2,1H3/t15-/m0/s1. The van der Waals surface area contributed by atoms with E-state index in [9.17, 15) is 0 Å². The van der Waals surface area contributed by atoms with Crippen molar-refractivity contribution in [3.8, 4) is 0 Å². The highest BCUT2D eigenvalue weighted by Crippen LogP contribution is 2.23. The highest BCUT2D eigenvalue weighted by Gasteiger charge is 2.24. The van der Waals surface area contributed by atoms with Gasteiger partial charge in [0.15, 0.2) is 5.82 Å². The number of anilines is 1. The first-order valence-electron chi connectivity index (χ1n) is 8.72. The number of ether oxygens (including phenoxy) is 1. The Morgan fingerprint density at radius 2 is 2.08 bits per heavy atom. The number of piperazine rings is 1. The summed E-state index contributed by atoms with van der Waals surface area (Å²) in [5, 5.41) is 4.13. The van der Waals surface area contributed by atoms with Gasteiger partial charge in [-0.2, -0.15) is 4.98 Å². The highest BCUT2D eigenvalue weighted by molar-refractivity contribution is 5.48. The van der Waals surface area contributed by atoms with Crippen LogP contribution in [0, 0.1) is 6.92 Å². The van der Waals surface area contributed by atoms with Gasteiger partial charge in [0.05, 0.1) is 13.2 Å². The summed E-state index contributed by atoms with van der Waals surface area (Å²) in [4.78, 5) is 9.39. The molecule has 1 atom stereocenters. The maximum atomic E-state index is 5.44. The van der Waals surface area contributed by atoms with E-state index in [1.165, 1.54) is 11.3 Å². The number of aryl methyl sites for hydroxylation is 1. The lowest BCUT2D eigenvalue weighted by molar-refractivity contribution is 0.192. The second-order valence-electron chi connectivity index (χ2n) is 6.71. The SMILES string of the molecule is Cc1cccc(N2CCN(Cc3nc([C@H]4CCOC4)no3)CC2)c1. The van der Waals surface area contributed by atoms with Gasteiger partial charge in [0.25, 0.3) is 0 Å². The summed E-state index contributed by atoms with van der Waals surface area (Å²) >= 11 is 0. The van der Waals surface area contributed by atoms with E-state index in [0.29, 0.717) is 12.5 Å². The lowest BCUT2D eigenvalue weighted by Gasteiger charge is -2.35. The van der Waals surface area contributed by atoms with Crippen molar-refractivity contribution in [3.63, 3.8) is 0 Å². The van der Waals surface area contributed by atoms with E-state index in [0.717, 1.165) is 57.5 Å². The molecule has 24 heavy (non-hydrogen) atoms. The van der Waals surface area contributed by atoms with E-state index in [1.54, 1.807) is 0 Å². The van der Waals surface area contributed by atoms with Crippen molar-refractivity contribution in [1.29, 1.82) is 0 Å². The molecule has 0 aliphatic carbocycles. The minimum Gasteiger partial charge on any atom is -0.381 e. The number of benzene rings is 1. The molecule has 2 aliphatic rings. The van der Waals surface area contributed by atoms with Gasteiger partial charge in [-0.05, 0) is 31.0 Å². The molecule has 0 saturated carbocycles. The van der Waals surface area contributed by atoms with Crippen molar-refractivity contribution in [1.82, 2.24) is 15.0 Å². The molecule has 2 fully saturated rings. The third-order valence-electron chi connectivity index (χ3n) is 4.88. The second-order valence-corrected chi connectivity index (χ2v) is 6.71. The number of nitrogens with zero attached hydrogens (tertiary/aromatic N) is 4. The van der Waals surface area contributed by atoms with Crippen LogP contribution >= 0.6 is 0 Å². The largest absolute Gasteiger partial charge is 0.381 e. The Hall–Kier alpha value is -1.92. The number of hydrogen-bond acceptors (Lipinski definition) is 6. The van der Waals surface area contributed by atoms with Gasteiger partial charge >= 0.3 is 0 Å². The van der Waals surface area contributed by atoms with E-state index in [-0.39, 0.29) is 0 Å². The molecule has 128 valence electrons. The van der Waals surface area contributed by atoms with E-state index in [2.05, 4.69) is 51.1 Å². The molecule has 0 N–H and O–H groups in total. The maximum absolute atomic E-state index is 5.44. The average Bonchev–Trinajstić information content (AvgIpc) is 3.27. The van der Waals surface area contributed by atoms with Crippen LogP contribution in [0.2, 0.25) is 0 Å². The fourth-order valence-corrected chi connectivity index (χ4v) is 3.42. The molecule has 1 aromatic carbocycles. The van der Waals surface area contributed by atoms with Crippen molar-refractivity contribution in [2.75, 3.05) is 44.3 Å². The van der Waals surface area contributed by atoms with Crippen LogP contribution < -0.4 is 4.90 Å². The molecular formula is C18H24N4O2. The Kier molecular flexibility index (Phi) is 4.49. The number of rotatable bonds is 4. The minimum absolute atomic E-state index is 0.306. The number of aromatic nitrogens is 2. The van der Waals surface area contributed by atoms with Crippen molar-refractivity contribution in [3.05, 3.63) is 41.5 Å². The Labute approximate surface area is 142 Å². The zero-order chi connectivity index (χ0) is 16.4. The van der Waals surface area contributed by atoms with Crippen molar-refractivity contribution >= 4 is 5.69 Å². The third-order valence-corrected chi connectivity index (χ3v) is 4.88. The predicted molar refractivity (Wildman–Crippen MR) is 91.1 cm³/mol. The fraction of sp³-hybridized carbons (Fsp3) is 0.556. The van der Waals surface area contributed by atoms with Crippen LogP contribution in [0.25, 0.3) is 0 Å². The van der Waals surface area contributed by atoms with Crippen molar-refractivity contribution in [2.24, 2.45) is 0 Å². The van der Waals surface area contributed by atoms with Crippen LogP contribution in [0.3, 0.4) is 0 Å². The first-order valence-corrected chi connectivity index (χ1v) is 8.72. The van der Waals surface area contributed by atoms with Crippen LogP contribution in [0.5, 0.6) is 0 Å². The maximum Gasteiger partial charge on any atom is 0.240 e. The summed E-state index contributed by atoms with van der Waals surface area (Å²) in [6.07, 6.45) is 0.994. The normalized spacial score (nSPS) is 22.2. The summed E-state index contributed by atoms with van der Waals surface area (Å²) in [5.41, 5.74) is 2.63.